The number of aliphatic hydroxyl groups excluding tert-OH is 1. The van der Waals surface area contributed by atoms with Gasteiger partial charge < -0.3 is 9.84 Å². The van der Waals surface area contributed by atoms with Gasteiger partial charge in [-0.1, -0.05) is 17.7 Å². The number of ether oxygens (including phenoxy) is 1. The molecule has 0 radical (unpaired) electrons. The third kappa shape index (κ3) is 3.09. The Morgan fingerprint density at radius 1 is 1.39 bits per heavy atom. The van der Waals surface area contributed by atoms with Crippen molar-refractivity contribution in [3.05, 3.63) is 45.9 Å². The average Bonchev–Trinajstić information content (AvgIpc) is 2.89. The number of nitrogens with zero attached hydrogens (tertiary/aromatic N) is 3. The van der Waals surface area contributed by atoms with E-state index in [9.17, 15) is 9.90 Å². The number of hydrogen-bond donors (Lipinski definition) is 2. The number of aryl methyl sites for hydroxylation is 2. The van der Waals surface area contributed by atoms with Gasteiger partial charge in [-0.15, -0.1) is 5.10 Å². The topological polar surface area (TPSA) is 93.0 Å². The largest absolute Gasteiger partial charge is 0.462 e. The molecule has 0 saturated carbocycles. The minimum atomic E-state index is -0.649. The van der Waals surface area contributed by atoms with Crippen LogP contribution in [0.4, 0.5) is 0 Å². The molecule has 2 heterocycles. The second kappa shape index (κ2) is 5.85. The molecule has 0 amide bonds. The molecule has 3 aromatic rings. The summed E-state index contributed by atoms with van der Waals surface area (Å²) in [6, 6.07) is 6.05. The molecule has 1 unspecified atom stereocenters. The Balaban J connectivity index is 2.04. The number of H-pyrrole nitrogens is 1. The van der Waals surface area contributed by atoms with Crippen LogP contribution in [0.1, 0.15) is 18.1 Å². The van der Waals surface area contributed by atoms with Gasteiger partial charge in [0.2, 0.25) is 0 Å². The standard InChI is InChI=1S/C16H18N4O3/c1-9-4-5-13(10(2)6-9)20-7-12-14(19-20)17-16(18-15(12)22)23-8-11(3)21/h4-7,11,21H,8H2,1-3H3,(H,17,18,19,22). The third-order valence-corrected chi connectivity index (χ3v) is 3.43. The highest BCUT2D eigenvalue weighted by molar-refractivity contribution is 5.73. The van der Waals surface area contributed by atoms with Gasteiger partial charge in [0.05, 0.1) is 11.8 Å². The van der Waals surface area contributed by atoms with Crippen LogP contribution in [0.2, 0.25) is 0 Å². The Labute approximate surface area is 132 Å². The van der Waals surface area contributed by atoms with E-state index in [0.717, 1.165) is 16.8 Å². The van der Waals surface area contributed by atoms with Gasteiger partial charge in [-0.25, -0.2) is 4.68 Å². The summed E-state index contributed by atoms with van der Waals surface area (Å²) in [4.78, 5) is 18.9. The molecule has 1 aromatic carbocycles. The van der Waals surface area contributed by atoms with Crippen LogP contribution >= 0.6 is 0 Å². The minimum absolute atomic E-state index is 0.0478. The zero-order chi connectivity index (χ0) is 16.6. The summed E-state index contributed by atoms with van der Waals surface area (Å²) in [6.07, 6.45) is 1.00. The highest BCUT2D eigenvalue weighted by Crippen LogP contribution is 2.17. The zero-order valence-electron chi connectivity index (χ0n) is 13.2. The summed E-state index contributed by atoms with van der Waals surface area (Å²) < 4.78 is 6.88. The van der Waals surface area contributed by atoms with Crippen LogP contribution in [0, 0.1) is 13.8 Å². The predicted molar refractivity (Wildman–Crippen MR) is 86.1 cm³/mol. The van der Waals surface area contributed by atoms with E-state index in [1.54, 1.807) is 17.8 Å². The molecule has 0 saturated heterocycles. The Morgan fingerprint density at radius 2 is 2.17 bits per heavy atom. The molecule has 120 valence electrons. The SMILES string of the molecule is Cc1ccc(-n2cc3c(=O)[nH]c(OCC(C)O)nc3n2)c(C)c1. The first-order chi connectivity index (χ1) is 10.9. The zero-order valence-corrected chi connectivity index (χ0v) is 13.2. The Bertz CT molecular complexity index is 911. The first kappa shape index (κ1) is 15.2. The van der Waals surface area contributed by atoms with Gasteiger partial charge >= 0.3 is 0 Å². The Morgan fingerprint density at radius 3 is 2.87 bits per heavy atom. The second-order valence-corrected chi connectivity index (χ2v) is 5.63. The Kier molecular flexibility index (Phi) is 3.87. The van der Waals surface area contributed by atoms with Crippen LogP contribution in [0.3, 0.4) is 0 Å². The quantitative estimate of drug-likeness (QED) is 0.761. The molecule has 0 spiro atoms. The molecule has 23 heavy (non-hydrogen) atoms. The summed E-state index contributed by atoms with van der Waals surface area (Å²) in [7, 11) is 0. The number of aliphatic hydroxyl groups is 1. The second-order valence-electron chi connectivity index (χ2n) is 5.63. The molecular formula is C16H18N4O3. The minimum Gasteiger partial charge on any atom is -0.462 e. The van der Waals surface area contributed by atoms with Gasteiger partial charge in [-0.2, -0.15) is 4.98 Å². The molecule has 7 heteroatoms. The van der Waals surface area contributed by atoms with Gasteiger partial charge in [-0.3, -0.25) is 9.78 Å². The molecule has 2 aromatic heterocycles. The molecular weight excluding hydrogens is 296 g/mol. The van der Waals surface area contributed by atoms with Crippen LogP contribution < -0.4 is 10.3 Å². The van der Waals surface area contributed by atoms with E-state index in [0.29, 0.717) is 11.0 Å². The monoisotopic (exact) mass is 314 g/mol. The molecule has 2 N–H and O–H groups in total. The van der Waals surface area contributed by atoms with Crippen molar-refractivity contribution in [2.45, 2.75) is 26.9 Å². The molecule has 0 aliphatic carbocycles. The van der Waals surface area contributed by atoms with Gasteiger partial charge in [0, 0.05) is 6.20 Å². The third-order valence-electron chi connectivity index (χ3n) is 3.43. The van der Waals surface area contributed by atoms with E-state index in [-0.39, 0.29) is 18.2 Å². The van der Waals surface area contributed by atoms with E-state index in [1.165, 1.54) is 0 Å². The van der Waals surface area contributed by atoms with Crippen LogP contribution in [-0.4, -0.2) is 37.6 Å². The van der Waals surface area contributed by atoms with Gasteiger partial charge in [-0.05, 0) is 32.4 Å². The summed E-state index contributed by atoms with van der Waals surface area (Å²) in [5.41, 5.74) is 3.08. The normalized spacial score (nSPS) is 12.5. The Hall–Kier alpha value is -2.67. The van der Waals surface area contributed by atoms with E-state index in [1.807, 2.05) is 26.0 Å². The number of nitrogens with one attached hydrogen (secondary N) is 1. The highest BCUT2D eigenvalue weighted by atomic mass is 16.5. The van der Waals surface area contributed by atoms with Crippen molar-refractivity contribution >= 4 is 11.0 Å². The summed E-state index contributed by atoms with van der Waals surface area (Å²) in [5.74, 6) is 0. The molecule has 0 bridgehead atoms. The first-order valence-electron chi connectivity index (χ1n) is 7.32. The number of rotatable bonds is 4. The van der Waals surface area contributed by atoms with Crippen molar-refractivity contribution in [1.29, 1.82) is 0 Å². The molecule has 0 aliphatic rings. The number of fused-ring (bicyclic) bond motifs is 1. The fraction of sp³-hybridized carbons (Fsp3) is 0.312. The van der Waals surface area contributed by atoms with Crippen LogP contribution in [0.15, 0.2) is 29.2 Å². The highest BCUT2D eigenvalue weighted by Gasteiger charge is 2.12. The lowest BCUT2D eigenvalue weighted by Crippen LogP contribution is -2.17. The van der Waals surface area contributed by atoms with Crippen molar-refractivity contribution in [3.8, 4) is 11.7 Å². The summed E-state index contributed by atoms with van der Waals surface area (Å²) >= 11 is 0. The maximum atomic E-state index is 12.1. The molecule has 3 rings (SSSR count). The van der Waals surface area contributed by atoms with Gasteiger partial charge in [0.15, 0.2) is 5.65 Å². The lowest BCUT2D eigenvalue weighted by Gasteiger charge is -2.06. The van der Waals surface area contributed by atoms with Crippen molar-refractivity contribution in [2.75, 3.05) is 6.61 Å². The van der Waals surface area contributed by atoms with Crippen LogP contribution in [0.25, 0.3) is 16.7 Å². The fourth-order valence-electron chi connectivity index (χ4n) is 2.35. The number of aromatic amines is 1. The molecule has 7 nitrogen and oxygen atoms in total. The van der Waals surface area contributed by atoms with E-state index in [2.05, 4.69) is 21.1 Å². The maximum absolute atomic E-state index is 12.1. The van der Waals surface area contributed by atoms with Crippen LogP contribution in [-0.2, 0) is 0 Å². The molecule has 0 aliphatic heterocycles. The first-order valence-corrected chi connectivity index (χ1v) is 7.32. The smallest absolute Gasteiger partial charge is 0.298 e. The number of aromatic nitrogens is 4. The predicted octanol–water partition coefficient (Wildman–Crippen LogP) is 1.49. The van der Waals surface area contributed by atoms with Gasteiger partial charge in [0.1, 0.15) is 12.0 Å². The summed E-state index contributed by atoms with van der Waals surface area (Å²) in [6.45, 7) is 5.65. The lowest BCUT2D eigenvalue weighted by molar-refractivity contribution is 0.117. The van der Waals surface area contributed by atoms with E-state index >= 15 is 0 Å². The molecule has 0 fully saturated rings. The van der Waals surface area contributed by atoms with E-state index < -0.39 is 6.10 Å². The number of benzene rings is 1. The fourth-order valence-corrected chi connectivity index (χ4v) is 2.35. The lowest BCUT2D eigenvalue weighted by atomic mass is 10.1. The van der Waals surface area contributed by atoms with Crippen molar-refractivity contribution < 1.29 is 9.84 Å². The van der Waals surface area contributed by atoms with Crippen LogP contribution in [0.5, 0.6) is 6.01 Å². The van der Waals surface area contributed by atoms with E-state index in [4.69, 9.17) is 4.74 Å². The molecule has 1 atom stereocenters. The summed E-state index contributed by atoms with van der Waals surface area (Å²) in [5, 5.41) is 14.0. The van der Waals surface area contributed by atoms with Crippen molar-refractivity contribution in [2.24, 2.45) is 0 Å². The van der Waals surface area contributed by atoms with Gasteiger partial charge in [0.25, 0.3) is 11.6 Å². The number of hydrogen-bond acceptors (Lipinski definition) is 5. The van der Waals surface area contributed by atoms with Crippen molar-refractivity contribution in [3.63, 3.8) is 0 Å². The van der Waals surface area contributed by atoms with Crippen molar-refractivity contribution in [1.82, 2.24) is 19.7 Å². The maximum Gasteiger partial charge on any atom is 0.298 e. The average molecular weight is 314 g/mol.